The largest absolute Gasteiger partial charge is 0.369 e. The molecule has 0 bridgehead atoms. The van der Waals surface area contributed by atoms with Crippen molar-refractivity contribution in [3.63, 3.8) is 0 Å². The van der Waals surface area contributed by atoms with Crippen LogP contribution in [0.2, 0.25) is 0 Å². The third-order valence-corrected chi connectivity index (χ3v) is 2.63. The summed E-state index contributed by atoms with van der Waals surface area (Å²) in [5.74, 6) is 0.0611. The van der Waals surface area contributed by atoms with Crippen LogP contribution in [-0.4, -0.2) is 21.9 Å². The molecule has 7 N–H and O–H groups in total. The highest BCUT2D eigenvalue weighted by molar-refractivity contribution is 6.22. The molecule has 0 saturated carbocycles. The lowest BCUT2D eigenvalue weighted by molar-refractivity contribution is 1.34. The van der Waals surface area contributed by atoms with Crippen molar-refractivity contribution >= 4 is 57.9 Å². The van der Waals surface area contributed by atoms with E-state index in [4.69, 9.17) is 35.0 Å². The number of rotatable bonds is 2. The average molecular weight is 301 g/mol. The van der Waals surface area contributed by atoms with Gasteiger partial charge in [-0.15, -0.1) is 9.02 Å². The van der Waals surface area contributed by atoms with E-state index in [1.54, 1.807) is 18.5 Å². The number of H-pyrrole nitrogens is 1. The van der Waals surface area contributed by atoms with Gasteiger partial charge >= 0.3 is 0 Å². The summed E-state index contributed by atoms with van der Waals surface area (Å²) in [5, 5.41) is 5.60. The third kappa shape index (κ3) is 2.98. The summed E-state index contributed by atoms with van der Waals surface area (Å²) in [6.07, 6.45) is 1.57. The SMILES string of the molecule is NC(=NCl)Nc1cc2nc[nH]c2cc1NC(N)=NCl. The molecule has 0 aliphatic carbocycles. The zero-order valence-electron chi connectivity index (χ0n) is 9.48. The Morgan fingerprint density at radius 3 is 2.26 bits per heavy atom. The van der Waals surface area contributed by atoms with Crippen molar-refractivity contribution < 1.29 is 0 Å². The van der Waals surface area contributed by atoms with Crippen LogP contribution in [0.3, 0.4) is 0 Å². The van der Waals surface area contributed by atoms with Gasteiger partial charge in [0.25, 0.3) is 0 Å². The molecule has 100 valence electrons. The number of nitrogens with one attached hydrogen (secondary N) is 3. The van der Waals surface area contributed by atoms with E-state index in [1.807, 2.05) is 0 Å². The van der Waals surface area contributed by atoms with Crippen molar-refractivity contribution in [2.24, 2.45) is 20.5 Å². The molecule has 1 aromatic heterocycles. The van der Waals surface area contributed by atoms with Gasteiger partial charge in [0.2, 0.25) is 11.9 Å². The van der Waals surface area contributed by atoms with Crippen molar-refractivity contribution in [3.8, 4) is 0 Å². The lowest BCUT2D eigenvalue weighted by Crippen LogP contribution is -2.25. The predicted molar refractivity (Wildman–Crippen MR) is 78.3 cm³/mol. The minimum Gasteiger partial charge on any atom is -0.369 e. The second-order valence-corrected chi connectivity index (χ2v) is 3.85. The number of nitrogens with zero attached hydrogens (tertiary/aromatic N) is 3. The quantitative estimate of drug-likeness (QED) is 0.422. The molecule has 1 aromatic carbocycles. The summed E-state index contributed by atoms with van der Waals surface area (Å²) in [6, 6.07) is 3.51. The van der Waals surface area contributed by atoms with E-state index < -0.39 is 0 Å². The van der Waals surface area contributed by atoms with Gasteiger partial charge in [-0.05, 0) is 12.1 Å². The maximum Gasteiger partial charge on any atom is 0.210 e. The molecule has 0 atom stereocenters. The highest BCUT2D eigenvalue weighted by Crippen LogP contribution is 2.26. The number of halogens is 2. The Labute approximate surface area is 118 Å². The van der Waals surface area contributed by atoms with Crippen LogP contribution >= 0.6 is 23.6 Å². The maximum absolute atomic E-state index is 5.52. The first-order valence-corrected chi connectivity index (χ1v) is 5.71. The first-order chi connectivity index (χ1) is 9.13. The van der Waals surface area contributed by atoms with Crippen LogP contribution in [0.15, 0.2) is 27.5 Å². The molecule has 2 rings (SSSR count). The lowest BCUT2D eigenvalue weighted by atomic mass is 10.2. The number of imidazole rings is 1. The van der Waals surface area contributed by atoms with Crippen LogP contribution < -0.4 is 22.1 Å². The number of fused-ring (bicyclic) bond motifs is 1. The van der Waals surface area contributed by atoms with E-state index in [0.29, 0.717) is 11.4 Å². The highest BCUT2D eigenvalue weighted by Gasteiger charge is 2.09. The molecule has 2 aromatic rings. The van der Waals surface area contributed by atoms with Gasteiger partial charge in [-0.3, -0.25) is 0 Å². The van der Waals surface area contributed by atoms with Gasteiger partial charge in [-0.2, -0.15) is 0 Å². The number of nitrogens with two attached hydrogens (primary N) is 2. The summed E-state index contributed by atoms with van der Waals surface area (Å²) >= 11 is 10.5. The second kappa shape index (κ2) is 5.63. The normalized spacial score (nSPS) is 12.7. The Morgan fingerprint density at radius 1 is 1.11 bits per heavy atom. The topological polar surface area (TPSA) is 130 Å². The number of hydrogen-bond acceptors (Lipinski definition) is 3. The molecule has 0 saturated heterocycles. The molecule has 1 heterocycles. The molecule has 10 heteroatoms. The van der Waals surface area contributed by atoms with Crippen LogP contribution in [0.4, 0.5) is 11.4 Å². The monoisotopic (exact) mass is 300 g/mol. The van der Waals surface area contributed by atoms with Crippen LogP contribution in [0, 0.1) is 0 Å². The molecule has 0 radical (unpaired) electrons. The Kier molecular flexibility index (Phi) is 3.93. The second-order valence-electron chi connectivity index (χ2n) is 3.51. The number of benzene rings is 1. The minimum absolute atomic E-state index is 0.0287. The zero-order valence-corrected chi connectivity index (χ0v) is 11.0. The van der Waals surface area contributed by atoms with Crippen LogP contribution in [0.1, 0.15) is 0 Å². The average Bonchev–Trinajstić information content (AvgIpc) is 2.85. The molecule has 0 spiro atoms. The number of hydrogen-bond donors (Lipinski definition) is 5. The maximum atomic E-state index is 5.52. The zero-order chi connectivity index (χ0) is 13.8. The van der Waals surface area contributed by atoms with Crippen molar-refractivity contribution in [1.29, 1.82) is 0 Å². The predicted octanol–water partition coefficient (Wildman–Crippen LogP) is 1.32. The van der Waals surface area contributed by atoms with E-state index in [-0.39, 0.29) is 11.9 Å². The Balaban J connectivity index is 2.47. The fraction of sp³-hybridized carbons (Fsp3) is 0. The van der Waals surface area contributed by atoms with E-state index >= 15 is 0 Å². The van der Waals surface area contributed by atoms with E-state index in [2.05, 4.69) is 29.6 Å². The summed E-state index contributed by atoms with van der Waals surface area (Å²) in [4.78, 5) is 7.09. The van der Waals surface area contributed by atoms with Gasteiger partial charge in [-0.1, -0.05) is 0 Å². The van der Waals surface area contributed by atoms with Gasteiger partial charge in [0.05, 0.1) is 28.7 Å². The van der Waals surface area contributed by atoms with Gasteiger partial charge in [0.15, 0.2) is 0 Å². The Hall–Kier alpha value is -2.19. The first-order valence-electron chi connectivity index (χ1n) is 5.04. The van der Waals surface area contributed by atoms with Crippen LogP contribution in [0.25, 0.3) is 11.0 Å². The third-order valence-electron chi connectivity index (χ3n) is 2.27. The minimum atomic E-state index is 0.0287. The van der Waals surface area contributed by atoms with Gasteiger partial charge in [0.1, 0.15) is 0 Å². The first kappa shape index (κ1) is 13.2. The number of aromatic amines is 1. The van der Waals surface area contributed by atoms with E-state index in [1.165, 1.54) is 0 Å². The number of guanidine groups is 2. The molecular weight excluding hydrogens is 291 g/mol. The summed E-state index contributed by atoms with van der Waals surface area (Å²) < 4.78 is 6.61. The summed E-state index contributed by atoms with van der Waals surface area (Å²) in [6.45, 7) is 0. The summed E-state index contributed by atoms with van der Waals surface area (Å²) in [7, 11) is 0. The fourth-order valence-electron chi connectivity index (χ4n) is 1.51. The Morgan fingerprint density at radius 2 is 1.68 bits per heavy atom. The highest BCUT2D eigenvalue weighted by atomic mass is 35.5. The Bertz CT molecular complexity index is 593. The molecule has 8 nitrogen and oxygen atoms in total. The molecular formula is C9H10Cl2N8. The van der Waals surface area contributed by atoms with Crippen LogP contribution in [-0.2, 0) is 0 Å². The van der Waals surface area contributed by atoms with Crippen molar-refractivity contribution in [1.82, 2.24) is 9.97 Å². The standard InChI is InChI=1S/C9H10Cl2N8/c10-18-8(12)16-6-1-4-5(15-3-14-4)2-7(6)17-9(13)19-11/h1-3H,(H,14,15)(H3,12,16,18)(H3,13,17,19). The molecule has 0 aliphatic heterocycles. The van der Waals surface area contributed by atoms with E-state index in [0.717, 1.165) is 11.0 Å². The van der Waals surface area contributed by atoms with Gasteiger partial charge in [-0.25, -0.2) is 4.98 Å². The lowest BCUT2D eigenvalue weighted by Gasteiger charge is -2.12. The molecule has 0 amide bonds. The van der Waals surface area contributed by atoms with E-state index in [9.17, 15) is 0 Å². The number of aromatic nitrogens is 2. The van der Waals surface area contributed by atoms with Crippen molar-refractivity contribution in [2.45, 2.75) is 0 Å². The van der Waals surface area contributed by atoms with Crippen molar-refractivity contribution in [3.05, 3.63) is 18.5 Å². The van der Waals surface area contributed by atoms with Gasteiger partial charge in [0, 0.05) is 23.6 Å². The number of anilines is 2. The van der Waals surface area contributed by atoms with Crippen LogP contribution in [0.5, 0.6) is 0 Å². The van der Waals surface area contributed by atoms with Crippen molar-refractivity contribution in [2.75, 3.05) is 10.6 Å². The fourth-order valence-corrected chi connectivity index (χ4v) is 1.59. The summed E-state index contributed by atoms with van der Waals surface area (Å²) in [5.41, 5.74) is 13.7. The molecule has 0 fully saturated rings. The molecule has 19 heavy (non-hydrogen) atoms. The smallest absolute Gasteiger partial charge is 0.210 e. The molecule has 0 aliphatic rings. The van der Waals surface area contributed by atoms with Gasteiger partial charge < -0.3 is 27.1 Å². The molecule has 0 unspecified atom stereocenters.